The van der Waals surface area contributed by atoms with Gasteiger partial charge in [0.15, 0.2) is 0 Å². The lowest BCUT2D eigenvalue weighted by atomic mass is 10.2. The summed E-state index contributed by atoms with van der Waals surface area (Å²) in [5, 5.41) is 0. The van der Waals surface area contributed by atoms with Crippen molar-refractivity contribution in [2.24, 2.45) is 0 Å². The van der Waals surface area contributed by atoms with Crippen LogP contribution in [0, 0.1) is 0 Å². The molecule has 0 spiro atoms. The van der Waals surface area contributed by atoms with Gasteiger partial charge < -0.3 is 4.74 Å². The number of alkyl halides is 3. The quantitative estimate of drug-likeness (QED) is 0.415. The van der Waals surface area contributed by atoms with Crippen molar-refractivity contribution in [2.75, 3.05) is 6.61 Å². The third kappa shape index (κ3) is 7.69. The molecule has 21 heavy (non-hydrogen) atoms. The van der Waals surface area contributed by atoms with E-state index in [1.165, 1.54) is 6.92 Å². The number of rotatable bonds is 8. The van der Waals surface area contributed by atoms with Gasteiger partial charge in [-0.3, -0.25) is 4.79 Å². The third-order valence-electron chi connectivity index (χ3n) is 2.18. The minimum Gasteiger partial charge on any atom is -0.462 e. The Hall–Kier alpha value is -1.58. The Labute approximate surface area is 120 Å². The van der Waals surface area contributed by atoms with Crippen LogP contribution in [0.1, 0.15) is 32.6 Å². The lowest BCUT2D eigenvalue weighted by Crippen LogP contribution is -2.40. The molecule has 1 amide bonds. The van der Waals surface area contributed by atoms with Crippen molar-refractivity contribution < 1.29 is 35.9 Å². The number of hydrogen-bond acceptors (Lipinski definition) is 5. The van der Waals surface area contributed by atoms with E-state index in [1.807, 2.05) is 0 Å². The number of hydrogen-bond donors (Lipinski definition) is 1. The summed E-state index contributed by atoms with van der Waals surface area (Å²) in [5.74, 6) is -1.78. The summed E-state index contributed by atoms with van der Waals surface area (Å²) in [5.41, 5.74) is -5.27. The van der Waals surface area contributed by atoms with Gasteiger partial charge in [0, 0.05) is 12.0 Å². The largest absolute Gasteiger partial charge is 0.516 e. The number of unbranched alkanes of at least 4 members (excludes halogenated alkanes) is 2. The molecule has 0 unspecified atom stereocenters. The average molecular weight is 331 g/mol. The van der Waals surface area contributed by atoms with Crippen molar-refractivity contribution in [1.29, 1.82) is 0 Å². The van der Waals surface area contributed by atoms with E-state index >= 15 is 0 Å². The van der Waals surface area contributed by atoms with Gasteiger partial charge in [0.1, 0.15) is 0 Å². The molecule has 0 aliphatic rings. The zero-order valence-corrected chi connectivity index (χ0v) is 12.1. The van der Waals surface area contributed by atoms with Gasteiger partial charge >= 0.3 is 21.5 Å². The van der Waals surface area contributed by atoms with Crippen molar-refractivity contribution >= 4 is 21.9 Å². The van der Waals surface area contributed by atoms with Crippen LogP contribution in [-0.2, 0) is 24.3 Å². The third-order valence-corrected chi connectivity index (χ3v) is 3.29. The van der Waals surface area contributed by atoms with Crippen LogP contribution >= 0.6 is 0 Å². The van der Waals surface area contributed by atoms with Gasteiger partial charge in [0.25, 0.3) is 0 Å². The molecule has 0 saturated heterocycles. The zero-order chi connectivity index (χ0) is 16.7. The van der Waals surface area contributed by atoms with Crippen LogP contribution in [0.15, 0.2) is 12.2 Å². The maximum Gasteiger partial charge on any atom is 0.516 e. The summed E-state index contributed by atoms with van der Waals surface area (Å²) in [4.78, 5) is 22.0. The SMILES string of the molecule is C=C(C)C(=O)OCCCCCC(=O)NS(=O)(=O)C(F)(F)F. The van der Waals surface area contributed by atoms with Crippen LogP contribution in [0.5, 0.6) is 0 Å². The van der Waals surface area contributed by atoms with E-state index in [0.717, 1.165) is 4.72 Å². The summed E-state index contributed by atoms with van der Waals surface area (Å²) in [6, 6.07) is 0. The maximum atomic E-state index is 12.0. The number of amides is 1. The standard InChI is InChI=1S/C11H16F3NO5S/c1-8(2)10(17)20-7-5-3-4-6-9(16)15-21(18,19)11(12,13)14/h1,3-7H2,2H3,(H,15,16). The van der Waals surface area contributed by atoms with Crippen molar-refractivity contribution in [1.82, 2.24) is 4.72 Å². The van der Waals surface area contributed by atoms with Crippen molar-refractivity contribution in [3.63, 3.8) is 0 Å². The summed E-state index contributed by atoms with van der Waals surface area (Å²) < 4.78 is 62.8. The number of carbonyl (C=O) groups excluding carboxylic acids is 2. The second-order valence-corrected chi connectivity index (χ2v) is 5.88. The van der Waals surface area contributed by atoms with Gasteiger partial charge in [0.05, 0.1) is 6.61 Å². The highest BCUT2D eigenvalue weighted by molar-refractivity contribution is 7.90. The lowest BCUT2D eigenvalue weighted by Gasteiger charge is -2.09. The van der Waals surface area contributed by atoms with Crippen LogP contribution < -0.4 is 4.72 Å². The Morgan fingerprint density at radius 3 is 2.24 bits per heavy atom. The monoisotopic (exact) mass is 331 g/mol. The molecule has 0 atom stereocenters. The summed E-state index contributed by atoms with van der Waals surface area (Å²) in [6.45, 7) is 4.94. The predicted molar refractivity (Wildman–Crippen MR) is 67.4 cm³/mol. The van der Waals surface area contributed by atoms with E-state index < -0.39 is 27.4 Å². The first kappa shape index (κ1) is 19.4. The molecule has 0 heterocycles. The Kier molecular flexibility index (Phi) is 7.41. The van der Waals surface area contributed by atoms with Crippen molar-refractivity contribution in [2.45, 2.75) is 38.1 Å². The molecule has 0 aliphatic carbocycles. The number of nitrogens with one attached hydrogen (secondary N) is 1. The summed E-state index contributed by atoms with van der Waals surface area (Å²) >= 11 is 0. The average Bonchev–Trinajstić information content (AvgIpc) is 2.30. The van der Waals surface area contributed by atoms with Crippen LogP contribution in [-0.4, -0.2) is 32.4 Å². The van der Waals surface area contributed by atoms with Crippen molar-refractivity contribution in [3.8, 4) is 0 Å². The van der Waals surface area contributed by atoms with Crippen molar-refractivity contribution in [3.05, 3.63) is 12.2 Å². The first-order valence-electron chi connectivity index (χ1n) is 5.92. The second kappa shape index (κ2) is 8.01. The second-order valence-electron chi connectivity index (χ2n) is 4.20. The van der Waals surface area contributed by atoms with Crippen LogP contribution in [0.4, 0.5) is 13.2 Å². The van der Waals surface area contributed by atoms with Gasteiger partial charge in [-0.05, 0) is 26.2 Å². The van der Waals surface area contributed by atoms with E-state index in [0.29, 0.717) is 12.8 Å². The highest BCUT2D eigenvalue weighted by Gasteiger charge is 2.46. The lowest BCUT2D eigenvalue weighted by molar-refractivity contribution is -0.139. The molecule has 0 aromatic rings. The molecule has 0 aliphatic heterocycles. The molecule has 6 nitrogen and oxygen atoms in total. The molecule has 1 N–H and O–H groups in total. The minimum atomic E-state index is -5.64. The first-order chi connectivity index (χ1) is 9.47. The molecule has 0 saturated carbocycles. The summed E-state index contributed by atoms with van der Waals surface area (Å²) in [7, 11) is -5.64. The van der Waals surface area contributed by atoms with Crippen LogP contribution in [0.3, 0.4) is 0 Å². The van der Waals surface area contributed by atoms with E-state index in [-0.39, 0.29) is 25.0 Å². The highest BCUT2D eigenvalue weighted by Crippen LogP contribution is 2.21. The molecule has 0 fully saturated rings. The number of sulfonamides is 1. The van der Waals surface area contributed by atoms with Gasteiger partial charge in [-0.25, -0.2) is 9.52 Å². The normalized spacial score (nSPS) is 11.8. The molecule has 0 radical (unpaired) electrons. The van der Waals surface area contributed by atoms with E-state index in [1.54, 1.807) is 0 Å². The fourth-order valence-corrected chi connectivity index (χ4v) is 1.63. The van der Waals surface area contributed by atoms with E-state index in [4.69, 9.17) is 4.74 Å². The van der Waals surface area contributed by atoms with E-state index in [9.17, 15) is 31.2 Å². The molecule has 122 valence electrons. The first-order valence-corrected chi connectivity index (χ1v) is 7.40. The van der Waals surface area contributed by atoms with Gasteiger partial charge in [-0.1, -0.05) is 6.58 Å². The number of esters is 1. The molecule has 10 heteroatoms. The Balaban J connectivity index is 3.87. The molecule has 0 aromatic carbocycles. The molecule has 0 rings (SSSR count). The molecule has 0 aromatic heterocycles. The fourth-order valence-electron chi connectivity index (χ4n) is 1.11. The zero-order valence-electron chi connectivity index (χ0n) is 11.3. The number of halogens is 3. The van der Waals surface area contributed by atoms with Gasteiger partial charge in [0.2, 0.25) is 5.91 Å². The topological polar surface area (TPSA) is 89.5 Å². The smallest absolute Gasteiger partial charge is 0.462 e. The Morgan fingerprint density at radius 2 is 1.76 bits per heavy atom. The number of carbonyl (C=O) groups is 2. The summed E-state index contributed by atoms with van der Waals surface area (Å²) in [6.07, 6.45) is 0.592. The van der Waals surface area contributed by atoms with Crippen LogP contribution in [0.25, 0.3) is 0 Å². The Morgan fingerprint density at radius 1 is 1.19 bits per heavy atom. The minimum absolute atomic E-state index is 0.0914. The van der Waals surface area contributed by atoms with Gasteiger partial charge in [-0.15, -0.1) is 0 Å². The van der Waals surface area contributed by atoms with Crippen LogP contribution in [0.2, 0.25) is 0 Å². The fraction of sp³-hybridized carbons (Fsp3) is 0.636. The number of ether oxygens (including phenoxy) is 1. The van der Waals surface area contributed by atoms with Gasteiger partial charge in [-0.2, -0.15) is 21.6 Å². The molecular formula is C11H16F3NO5S. The highest BCUT2D eigenvalue weighted by atomic mass is 32.2. The molecular weight excluding hydrogens is 315 g/mol. The Bertz CT molecular complexity index is 498. The predicted octanol–water partition coefficient (Wildman–Crippen LogP) is 1.63. The maximum absolute atomic E-state index is 12.0. The molecule has 0 bridgehead atoms. The van der Waals surface area contributed by atoms with E-state index in [2.05, 4.69) is 6.58 Å².